The van der Waals surface area contributed by atoms with Gasteiger partial charge >= 0.3 is 5.97 Å². The minimum Gasteiger partial charge on any atom is -0.493 e. The molecule has 9 nitrogen and oxygen atoms in total. The molecule has 6 rings (SSSR count). The van der Waals surface area contributed by atoms with E-state index in [1.807, 2.05) is 59.6 Å². The Bertz CT molecular complexity index is 1410. The second kappa shape index (κ2) is 10.1. The molecule has 0 radical (unpaired) electrons. The van der Waals surface area contributed by atoms with Crippen LogP contribution in [0.25, 0.3) is 0 Å². The number of ether oxygens (including phenoxy) is 6. The molecule has 0 saturated heterocycles. The maximum Gasteiger partial charge on any atom is 0.302 e. The van der Waals surface area contributed by atoms with Crippen LogP contribution in [-0.2, 0) is 9.53 Å². The highest BCUT2D eigenvalue weighted by Crippen LogP contribution is 2.52. The second-order valence-corrected chi connectivity index (χ2v) is 9.70. The van der Waals surface area contributed by atoms with Crippen molar-refractivity contribution in [2.24, 2.45) is 16.9 Å². The third-order valence-corrected chi connectivity index (χ3v) is 7.63. The number of methoxy groups -OCH3 is 3. The van der Waals surface area contributed by atoms with Crippen molar-refractivity contribution < 1.29 is 33.2 Å². The number of hydrogen-bond donors (Lipinski definition) is 0. The van der Waals surface area contributed by atoms with Gasteiger partial charge in [0.25, 0.3) is 0 Å². The van der Waals surface area contributed by atoms with Gasteiger partial charge in [-0.25, -0.2) is 0 Å². The number of esters is 1. The van der Waals surface area contributed by atoms with Crippen LogP contribution in [0.15, 0.2) is 59.7 Å². The third-order valence-electron chi connectivity index (χ3n) is 7.63. The van der Waals surface area contributed by atoms with Crippen LogP contribution in [0, 0.1) is 11.8 Å². The summed E-state index contributed by atoms with van der Waals surface area (Å²) in [6, 6.07) is 18.0. The fourth-order valence-corrected chi connectivity index (χ4v) is 5.91. The van der Waals surface area contributed by atoms with E-state index in [0.717, 1.165) is 28.1 Å². The lowest BCUT2D eigenvalue weighted by Gasteiger charge is -2.38. The number of fused-ring (bicyclic) bond motifs is 4. The van der Waals surface area contributed by atoms with Crippen molar-refractivity contribution in [3.63, 3.8) is 0 Å². The molecule has 0 aromatic heterocycles. The van der Waals surface area contributed by atoms with Crippen molar-refractivity contribution in [3.05, 3.63) is 71.3 Å². The van der Waals surface area contributed by atoms with Gasteiger partial charge in [-0.15, -0.1) is 0 Å². The number of carbonyl (C=O) groups excluding carboxylic acids is 1. The molecule has 3 aromatic carbocycles. The molecule has 0 saturated carbocycles. The summed E-state index contributed by atoms with van der Waals surface area (Å²) in [4.78, 5) is 12.0. The number of hydrogen-bond acceptors (Lipinski definition) is 9. The molecule has 2 aliphatic heterocycles. The van der Waals surface area contributed by atoms with E-state index in [-0.39, 0.29) is 37.1 Å². The molecule has 39 heavy (non-hydrogen) atoms. The monoisotopic (exact) mass is 530 g/mol. The Balaban J connectivity index is 1.55. The summed E-state index contributed by atoms with van der Waals surface area (Å²) in [6.07, 6.45) is 0. The Hall–Kier alpha value is -4.40. The molecular weight excluding hydrogens is 500 g/mol. The Morgan fingerprint density at radius 3 is 2.31 bits per heavy atom. The molecule has 9 heteroatoms. The van der Waals surface area contributed by atoms with Gasteiger partial charge in [-0.2, -0.15) is 5.10 Å². The van der Waals surface area contributed by atoms with Crippen LogP contribution in [0.2, 0.25) is 0 Å². The van der Waals surface area contributed by atoms with Crippen LogP contribution < -0.4 is 28.7 Å². The molecule has 3 aliphatic rings. The fourth-order valence-electron chi connectivity index (χ4n) is 5.91. The minimum absolute atomic E-state index is 0.0264. The van der Waals surface area contributed by atoms with Crippen LogP contribution in [-0.4, -0.2) is 53.0 Å². The highest BCUT2D eigenvalue weighted by atomic mass is 16.7. The van der Waals surface area contributed by atoms with Crippen molar-refractivity contribution in [2.75, 3.05) is 46.3 Å². The van der Waals surface area contributed by atoms with Crippen molar-refractivity contribution in [1.82, 2.24) is 0 Å². The number of anilines is 1. The number of para-hydroxylation sites is 1. The standard InChI is InChI=1S/C30H30N2O7/c1-17(33)37-15-23-22-14-32(19-8-6-5-7-9-19)31-29(22)21-13-25-24(38-16-39-25)12-20(21)28(23)18-10-26(34-2)30(36-4)27(11-18)35-3/h5-13,22-23,28H,14-16H2,1-4H3/t22-,23-,28+/m0/s1. The zero-order chi connectivity index (χ0) is 27.1. The quantitative estimate of drug-likeness (QED) is 0.410. The molecule has 0 unspecified atom stereocenters. The van der Waals surface area contributed by atoms with Gasteiger partial charge in [0.1, 0.15) is 0 Å². The first kappa shape index (κ1) is 24.9. The third kappa shape index (κ3) is 4.27. The average Bonchev–Trinajstić information content (AvgIpc) is 3.61. The molecule has 0 fully saturated rings. The molecule has 3 atom stereocenters. The smallest absolute Gasteiger partial charge is 0.302 e. The first-order valence-corrected chi connectivity index (χ1v) is 12.8. The topological polar surface area (TPSA) is 88.1 Å². The number of hydrazone groups is 1. The summed E-state index contributed by atoms with van der Waals surface area (Å²) in [5, 5.41) is 7.11. The van der Waals surface area contributed by atoms with Crippen molar-refractivity contribution in [3.8, 4) is 28.7 Å². The largest absolute Gasteiger partial charge is 0.493 e. The Morgan fingerprint density at radius 2 is 1.67 bits per heavy atom. The van der Waals surface area contributed by atoms with Gasteiger partial charge < -0.3 is 28.4 Å². The normalized spacial score (nSPS) is 20.6. The summed E-state index contributed by atoms with van der Waals surface area (Å²) < 4.78 is 34.2. The van der Waals surface area contributed by atoms with E-state index in [0.29, 0.717) is 35.3 Å². The van der Waals surface area contributed by atoms with E-state index in [9.17, 15) is 4.79 Å². The zero-order valence-corrected chi connectivity index (χ0v) is 22.3. The van der Waals surface area contributed by atoms with Gasteiger partial charge in [-0.3, -0.25) is 9.80 Å². The number of carbonyl (C=O) groups is 1. The van der Waals surface area contributed by atoms with Gasteiger partial charge in [-0.1, -0.05) is 18.2 Å². The molecular formula is C30H30N2O7. The Kier molecular flexibility index (Phi) is 6.42. The predicted molar refractivity (Wildman–Crippen MR) is 144 cm³/mol. The lowest BCUT2D eigenvalue weighted by molar-refractivity contribution is -0.142. The summed E-state index contributed by atoms with van der Waals surface area (Å²) >= 11 is 0. The van der Waals surface area contributed by atoms with E-state index in [2.05, 4.69) is 0 Å². The van der Waals surface area contributed by atoms with Crippen LogP contribution in [0.3, 0.4) is 0 Å². The van der Waals surface area contributed by atoms with E-state index in [1.165, 1.54) is 6.92 Å². The number of benzene rings is 3. The maximum atomic E-state index is 12.0. The zero-order valence-electron chi connectivity index (χ0n) is 22.3. The summed E-state index contributed by atoms with van der Waals surface area (Å²) in [5.74, 6) is 2.31. The van der Waals surface area contributed by atoms with Crippen LogP contribution >= 0.6 is 0 Å². The van der Waals surface area contributed by atoms with Gasteiger partial charge in [0.05, 0.1) is 45.9 Å². The Morgan fingerprint density at radius 1 is 0.974 bits per heavy atom. The summed E-state index contributed by atoms with van der Waals surface area (Å²) in [7, 11) is 4.78. The second-order valence-electron chi connectivity index (χ2n) is 9.70. The Labute approximate surface area is 226 Å². The SMILES string of the molecule is COc1cc([C@@H]2c3cc4c(cc3C3=NN(c5ccccc5)C[C@H]3[C@@H]2COC(C)=O)OCO4)cc(OC)c1OC. The minimum atomic E-state index is -0.327. The first-order chi connectivity index (χ1) is 19.0. The van der Waals surface area contributed by atoms with Gasteiger partial charge in [-0.05, 0) is 47.5 Å². The predicted octanol–water partition coefficient (Wildman–Crippen LogP) is 4.61. The molecule has 2 heterocycles. The maximum absolute atomic E-state index is 12.0. The summed E-state index contributed by atoms with van der Waals surface area (Å²) in [5.41, 5.74) is 4.88. The lowest BCUT2D eigenvalue weighted by Crippen LogP contribution is -2.39. The first-order valence-electron chi connectivity index (χ1n) is 12.8. The summed E-state index contributed by atoms with van der Waals surface area (Å²) in [6.45, 7) is 2.45. The molecule has 0 bridgehead atoms. The highest BCUT2D eigenvalue weighted by molar-refractivity contribution is 6.08. The van der Waals surface area contributed by atoms with E-state index in [1.54, 1.807) is 21.3 Å². The van der Waals surface area contributed by atoms with Crippen LogP contribution in [0.1, 0.15) is 29.5 Å². The molecule has 3 aromatic rings. The molecule has 1 aliphatic carbocycles. The van der Waals surface area contributed by atoms with Crippen molar-refractivity contribution >= 4 is 17.4 Å². The molecule has 0 spiro atoms. The van der Waals surface area contributed by atoms with E-state index >= 15 is 0 Å². The van der Waals surface area contributed by atoms with Crippen molar-refractivity contribution in [2.45, 2.75) is 12.8 Å². The average molecular weight is 531 g/mol. The van der Waals surface area contributed by atoms with Crippen LogP contribution in [0.4, 0.5) is 5.69 Å². The molecule has 0 N–H and O–H groups in total. The lowest BCUT2D eigenvalue weighted by atomic mass is 9.66. The number of nitrogens with zero attached hydrogens (tertiary/aromatic N) is 2. The molecule has 202 valence electrons. The molecule has 0 amide bonds. The van der Waals surface area contributed by atoms with Crippen molar-refractivity contribution in [1.29, 1.82) is 0 Å². The van der Waals surface area contributed by atoms with Crippen LogP contribution in [0.5, 0.6) is 28.7 Å². The highest BCUT2D eigenvalue weighted by Gasteiger charge is 2.47. The fraction of sp³-hybridized carbons (Fsp3) is 0.333. The van der Waals surface area contributed by atoms with Gasteiger partial charge in [0.2, 0.25) is 12.5 Å². The van der Waals surface area contributed by atoms with Gasteiger partial charge in [0, 0.05) is 30.2 Å². The van der Waals surface area contributed by atoms with E-state index < -0.39 is 0 Å². The van der Waals surface area contributed by atoms with Gasteiger partial charge in [0.15, 0.2) is 23.0 Å². The number of rotatable bonds is 7. The van der Waals surface area contributed by atoms with E-state index in [4.69, 9.17) is 33.5 Å².